The van der Waals surface area contributed by atoms with E-state index in [1.165, 1.54) is 0 Å². The maximum Gasteiger partial charge on any atom is 0.243 e. The number of benzene rings is 2. The molecule has 0 aliphatic carbocycles. The van der Waals surface area contributed by atoms with Crippen molar-refractivity contribution in [3.8, 4) is 5.75 Å². The fourth-order valence-corrected chi connectivity index (χ4v) is 2.41. The number of para-hydroxylation sites is 1. The van der Waals surface area contributed by atoms with E-state index < -0.39 is 0 Å². The number of carbonyl (C=O) groups is 1. The van der Waals surface area contributed by atoms with Gasteiger partial charge < -0.3 is 15.4 Å². The molecule has 4 nitrogen and oxygen atoms in total. The van der Waals surface area contributed by atoms with Gasteiger partial charge in [-0.05, 0) is 36.1 Å². The summed E-state index contributed by atoms with van der Waals surface area (Å²) in [6.45, 7) is 7.21. The average molecular weight is 326 g/mol. The number of anilines is 2. The molecule has 0 heterocycles. The molecule has 0 bridgehead atoms. The molecule has 0 fully saturated rings. The van der Waals surface area contributed by atoms with Crippen molar-refractivity contribution in [2.75, 3.05) is 23.8 Å². The Bertz CT molecular complexity index is 668. The first kappa shape index (κ1) is 17.9. The van der Waals surface area contributed by atoms with Crippen LogP contribution in [0.2, 0.25) is 0 Å². The fraction of sp³-hybridized carbons (Fsp3) is 0.350. The summed E-state index contributed by atoms with van der Waals surface area (Å²) in [5.74, 6) is 1.11. The van der Waals surface area contributed by atoms with Crippen LogP contribution in [0.3, 0.4) is 0 Å². The first-order valence-electron chi connectivity index (χ1n) is 8.45. The molecule has 0 aliphatic rings. The molecule has 2 N–H and O–H groups in total. The zero-order chi connectivity index (χ0) is 17.4. The predicted molar refractivity (Wildman–Crippen MR) is 99.9 cm³/mol. The van der Waals surface area contributed by atoms with Crippen molar-refractivity contribution in [2.45, 2.75) is 33.1 Å². The second-order valence-corrected chi connectivity index (χ2v) is 6.02. The topological polar surface area (TPSA) is 50.4 Å². The lowest BCUT2D eigenvalue weighted by Gasteiger charge is -2.14. The van der Waals surface area contributed by atoms with Crippen LogP contribution < -0.4 is 15.4 Å². The van der Waals surface area contributed by atoms with E-state index in [9.17, 15) is 4.79 Å². The van der Waals surface area contributed by atoms with Gasteiger partial charge in [-0.2, -0.15) is 0 Å². The van der Waals surface area contributed by atoms with Crippen molar-refractivity contribution < 1.29 is 9.53 Å². The van der Waals surface area contributed by atoms with E-state index in [-0.39, 0.29) is 12.5 Å². The normalized spacial score (nSPS) is 10.5. The summed E-state index contributed by atoms with van der Waals surface area (Å²) in [5, 5.41) is 6.12. The Balaban J connectivity index is 1.92. The van der Waals surface area contributed by atoms with Crippen molar-refractivity contribution in [3.63, 3.8) is 0 Å². The monoisotopic (exact) mass is 326 g/mol. The standard InChI is InChI=1S/C20H26N2O2/c1-4-12-24-17-9-7-8-16(13-17)21-14-20(23)22-19-11-6-5-10-18(19)15(2)3/h5-11,13,15,21H,4,12,14H2,1-3H3,(H,22,23). The number of hydrogen-bond acceptors (Lipinski definition) is 3. The molecule has 0 radical (unpaired) electrons. The van der Waals surface area contributed by atoms with E-state index >= 15 is 0 Å². The Morgan fingerprint density at radius 2 is 1.92 bits per heavy atom. The number of rotatable bonds is 8. The summed E-state index contributed by atoms with van der Waals surface area (Å²) in [6, 6.07) is 15.6. The highest BCUT2D eigenvalue weighted by molar-refractivity contribution is 5.94. The van der Waals surface area contributed by atoms with Gasteiger partial charge in [0, 0.05) is 17.4 Å². The number of amides is 1. The highest BCUT2D eigenvalue weighted by Gasteiger charge is 2.09. The number of hydrogen-bond donors (Lipinski definition) is 2. The SMILES string of the molecule is CCCOc1cccc(NCC(=O)Nc2ccccc2C(C)C)c1. The molecule has 4 heteroatoms. The third-order valence-electron chi connectivity index (χ3n) is 3.62. The van der Waals surface area contributed by atoms with Gasteiger partial charge in [-0.25, -0.2) is 0 Å². The molecule has 0 aliphatic heterocycles. The van der Waals surface area contributed by atoms with Crippen molar-refractivity contribution in [1.82, 2.24) is 0 Å². The summed E-state index contributed by atoms with van der Waals surface area (Å²) in [6.07, 6.45) is 0.968. The molecule has 1 amide bonds. The minimum atomic E-state index is -0.0667. The Labute approximate surface area is 144 Å². The van der Waals surface area contributed by atoms with Crippen LogP contribution >= 0.6 is 0 Å². The van der Waals surface area contributed by atoms with Gasteiger partial charge >= 0.3 is 0 Å². The lowest BCUT2D eigenvalue weighted by atomic mass is 10.0. The Morgan fingerprint density at radius 3 is 2.67 bits per heavy atom. The van der Waals surface area contributed by atoms with Crippen LogP contribution in [0, 0.1) is 0 Å². The zero-order valence-electron chi connectivity index (χ0n) is 14.6. The van der Waals surface area contributed by atoms with Gasteiger partial charge in [0.05, 0.1) is 13.2 Å². The third-order valence-corrected chi connectivity index (χ3v) is 3.62. The number of nitrogens with one attached hydrogen (secondary N) is 2. The Kier molecular flexibility index (Phi) is 6.67. The summed E-state index contributed by atoms with van der Waals surface area (Å²) in [5.41, 5.74) is 2.89. The molecule has 0 aromatic heterocycles. The highest BCUT2D eigenvalue weighted by atomic mass is 16.5. The van der Waals surface area contributed by atoms with Gasteiger partial charge in [0.15, 0.2) is 0 Å². The van der Waals surface area contributed by atoms with Crippen LogP contribution in [-0.4, -0.2) is 19.1 Å². The molecule has 0 saturated heterocycles. The van der Waals surface area contributed by atoms with E-state index in [4.69, 9.17) is 4.74 Å². The molecule has 128 valence electrons. The van der Waals surface area contributed by atoms with Crippen LogP contribution in [0.5, 0.6) is 5.75 Å². The van der Waals surface area contributed by atoms with Gasteiger partial charge in [-0.3, -0.25) is 4.79 Å². The molecular weight excluding hydrogens is 300 g/mol. The fourth-order valence-electron chi connectivity index (χ4n) is 2.41. The smallest absolute Gasteiger partial charge is 0.243 e. The second-order valence-electron chi connectivity index (χ2n) is 6.02. The first-order chi connectivity index (χ1) is 11.6. The van der Waals surface area contributed by atoms with Crippen molar-refractivity contribution in [3.05, 3.63) is 54.1 Å². The maximum absolute atomic E-state index is 12.2. The van der Waals surface area contributed by atoms with Gasteiger partial charge in [0.25, 0.3) is 0 Å². The van der Waals surface area contributed by atoms with Crippen LogP contribution in [0.25, 0.3) is 0 Å². The molecule has 0 spiro atoms. The van der Waals surface area contributed by atoms with Crippen molar-refractivity contribution in [1.29, 1.82) is 0 Å². The molecule has 0 unspecified atom stereocenters. The van der Waals surface area contributed by atoms with Crippen LogP contribution in [0.15, 0.2) is 48.5 Å². The quantitative estimate of drug-likeness (QED) is 0.742. The van der Waals surface area contributed by atoms with E-state index in [1.54, 1.807) is 0 Å². The summed E-state index contributed by atoms with van der Waals surface area (Å²) < 4.78 is 5.60. The van der Waals surface area contributed by atoms with E-state index in [0.29, 0.717) is 12.5 Å². The Morgan fingerprint density at radius 1 is 1.12 bits per heavy atom. The molecule has 2 rings (SSSR count). The van der Waals surface area contributed by atoms with Gasteiger partial charge in [-0.1, -0.05) is 45.0 Å². The Hall–Kier alpha value is -2.49. The molecule has 0 saturated carbocycles. The van der Waals surface area contributed by atoms with Gasteiger partial charge in [0.1, 0.15) is 5.75 Å². The predicted octanol–water partition coefficient (Wildman–Crippen LogP) is 4.65. The highest BCUT2D eigenvalue weighted by Crippen LogP contribution is 2.23. The molecule has 2 aromatic carbocycles. The van der Waals surface area contributed by atoms with Crippen LogP contribution in [-0.2, 0) is 4.79 Å². The summed E-state index contributed by atoms with van der Waals surface area (Å²) in [4.78, 5) is 12.2. The lowest BCUT2D eigenvalue weighted by molar-refractivity contribution is -0.114. The first-order valence-corrected chi connectivity index (χ1v) is 8.45. The third kappa shape index (κ3) is 5.30. The van der Waals surface area contributed by atoms with Gasteiger partial charge in [-0.15, -0.1) is 0 Å². The average Bonchev–Trinajstić information content (AvgIpc) is 2.59. The minimum Gasteiger partial charge on any atom is -0.494 e. The van der Waals surface area contributed by atoms with Crippen molar-refractivity contribution >= 4 is 17.3 Å². The van der Waals surface area contributed by atoms with Gasteiger partial charge in [0.2, 0.25) is 5.91 Å². The molecule has 2 aromatic rings. The zero-order valence-corrected chi connectivity index (χ0v) is 14.6. The maximum atomic E-state index is 12.2. The molecule has 24 heavy (non-hydrogen) atoms. The largest absolute Gasteiger partial charge is 0.494 e. The van der Waals surface area contributed by atoms with Crippen molar-refractivity contribution in [2.24, 2.45) is 0 Å². The molecule has 0 atom stereocenters. The van der Waals surface area contributed by atoms with E-state index in [2.05, 4.69) is 31.4 Å². The van der Waals surface area contributed by atoms with E-state index in [1.807, 2.05) is 48.5 Å². The lowest BCUT2D eigenvalue weighted by Crippen LogP contribution is -2.22. The number of ether oxygens (including phenoxy) is 1. The number of carbonyl (C=O) groups excluding carboxylic acids is 1. The van der Waals surface area contributed by atoms with Crippen LogP contribution in [0.4, 0.5) is 11.4 Å². The van der Waals surface area contributed by atoms with Crippen LogP contribution in [0.1, 0.15) is 38.7 Å². The summed E-state index contributed by atoms with van der Waals surface area (Å²) in [7, 11) is 0. The summed E-state index contributed by atoms with van der Waals surface area (Å²) >= 11 is 0. The second kappa shape index (κ2) is 8.96. The van der Waals surface area contributed by atoms with E-state index in [0.717, 1.165) is 29.1 Å². The molecular formula is C20H26N2O2. The minimum absolute atomic E-state index is 0.0667.